The van der Waals surface area contributed by atoms with Crippen LogP contribution in [0.1, 0.15) is 5.56 Å². The van der Waals surface area contributed by atoms with Gasteiger partial charge in [-0.1, -0.05) is 0 Å². The molecule has 1 aliphatic rings. The molecule has 3 aromatic rings. The molecular weight excluding hydrogens is 266 g/mol. The summed E-state index contributed by atoms with van der Waals surface area (Å²) < 4.78 is 0. The van der Waals surface area contributed by atoms with Crippen LogP contribution in [0.15, 0.2) is 42.9 Å². The summed E-state index contributed by atoms with van der Waals surface area (Å²) in [6.45, 7) is 0. The topological polar surface area (TPSA) is 79.8 Å². The lowest BCUT2D eigenvalue weighted by atomic mass is 10.1. The fourth-order valence-electron chi connectivity index (χ4n) is 2.44. The Kier molecular flexibility index (Phi) is 2.53. The Morgan fingerprint density at radius 1 is 1.14 bits per heavy atom. The standard InChI is InChI=1S/C15H11N5O/c21-13-7-9-6-10(3-4-12(9)20-13)19-15-11-2-1-5-16-14(11)17-8-18-15/h1-6,8H,7H2,(H,20,21)(H,16,17,18,19). The molecule has 2 N–H and O–H groups in total. The Morgan fingerprint density at radius 2 is 2.10 bits per heavy atom. The number of fused-ring (bicyclic) bond motifs is 2. The molecule has 0 saturated heterocycles. The number of benzene rings is 1. The van der Waals surface area contributed by atoms with E-state index in [0.29, 0.717) is 17.9 Å². The van der Waals surface area contributed by atoms with Gasteiger partial charge in [-0.05, 0) is 35.9 Å². The predicted octanol–water partition coefficient (Wildman–Crippen LogP) is 2.26. The monoisotopic (exact) mass is 277 g/mol. The van der Waals surface area contributed by atoms with Crippen LogP contribution >= 0.6 is 0 Å². The second kappa shape index (κ2) is 4.52. The summed E-state index contributed by atoms with van der Waals surface area (Å²) in [4.78, 5) is 24.0. The van der Waals surface area contributed by atoms with Crippen molar-refractivity contribution in [2.45, 2.75) is 6.42 Å². The molecule has 3 heterocycles. The van der Waals surface area contributed by atoms with E-state index in [1.165, 1.54) is 6.33 Å². The number of rotatable bonds is 2. The minimum Gasteiger partial charge on any atom is -0.340 e. The van der Waals surface area contributed by atoms with Crippen LogP contribution in [-0.2, 0) is 11.2 Å². The summed E-state index contributed by atoms with van der Waals surface area (Å²) in [6.07, 6.45) is 3.60. The van der Waals surface area contributed by atoms with Gasteiger partial charge in [0.2, 0.25) is 5.91 Å². The molecule has 0 saturated carbocycles. The molecule has 6 nitrogen and oxygen atoms in total. The Morgan fingerprint density at radius 3 is 3.05 bits per heavy atom. The number of pyridine rings is 1. The van der Waals surface area contributed by atoms with Crippen molar-refractivity contribution in [2.24, 2.45) is 0 Å². The second-order valence-corrected chi connectivity index (χ2v) is 4.82. The molecule has 0 unspecified atom stereocenters. The zero-order valence-corrected chi connectivity index (χ0v) is 11.0. The Hall–Kier alpha value is -3.02. The predicted molar refractivity (Wildman–Crippen MR) is 79.4 cm³/mol. The molecule has 0 fully saturated rings. The van der Waals surface area contributed by atoms with Gasteiger partial charge in [0.05, 0.1) is 11.8 Å². The number of carbonyl (C=O) groups is 1. The normalized spacial score (nSPS) is 13.0. The van der Waals surface area contributed by atoms with Gasteiger partial charge in [-0.2, -0.15) is 0 Å². The van der Waals surface area contributed by atoms with Crippen molar-refractivity contribution in [1.82, 2.24) is 15.0 Å². The smallest absolute Gasteiger partial charge is 0.228 e. The number of hydrogen-bond acceptors (Lipinski definition) is 5. The molecule has 1 aromatic carbocycles. The Balaban J connectivity index is 1.72. The van der Waals surface area contributed by atoms with E-state index < -0.39 is 0 Å². The van der Waals surface area contributed by atoms with Gasteiger partial charge in [0, 0.05) is 17.6 Å². The number of nitrogens with zero attached hydrogens (tertiary/aromatic N) is 3. The van der Waals surface area contributed by atoms with E-state index in [1.54, 1.807) is 6.20 Å². The summed E-state index contributed by atoms with van der Waals surface area (Å²) in [5.74, 6) is 0.726. The van der Waals surface area contributed by atoms with E-state index in [4.69, 9.17) is 0 Å². The van der Waals surface area contributed by atoms with Gasteiger partial charge in [-0.3, -0.25) is 4.79 Å². The SMILES string of the molecule is O=C1Cc2cc(Nc3ncnc4ncccc34)ccc2N1. The first-order valence-electron chi connectivity index (χ1n) is 6.55. The van der Waals surface area contributed by atoms with Crippen molar-refractivity contribution in [3.05, 3.63) is 48.4 Å². The molecule has 2 aromatic heterocycles. The van der Waals surface area contributed by atoms with Gasteiger partial charge < -0.3 is 10.6 Å². The average Bonchev–Trinajstić information content (AvgIpc) is 2.87. The van der Waals surface area contributed by atoms with Crippen molar-refractivity contribution >= 4 is 34.1 Å². The van der Waals surface area contributed by atoms with Gasteiger partial charge in [-0.25, -0.2) is 15.0 Å². The summed E-state index contributed by atoms with van der Waals surface area (Å²) >= 11 is 0. The third-order valence-electron chi connectivity index (χ3n) is 3.40. The molecule has 0 atom stereocenters. The molecule has 0 bridgehead atoms. The fraction of sp³-hybridized carbons (Fsp3) is 0.0667. The first-order chi connectivity index (χ1) is 10.3. The maximum Gasteiger partial charge on any atom is 0.228 e. The quantitative estimate of drug-likeness (QED) is 0.751. The van der Waals surface area contributed by atoms with Gasteiger partial charge in [0.25, 0.3) is 0 Å². The van der Waals surface area contributed by atoms with E-state index in [-0.39, 0.29) is 5.91 Å². The highest BCUT2D eigenvalue weighted by Gasteiger charge is 2.17. The number of aromatic nitrogens is 3. The van der Waals surface area contributed by atoms with Crippen LogP contribution in [0.2, 0.25) is 0 Å². The number of anilines is 3. The average molecular weight is 277 g/mol. The highest BCUT2D eigenvalue weighted by molar-refractivity contribution is 5.99. The van der Waals surface area contributed by atoms with Crippen molar-refractivity contribution in [3.63, 3.8) is 0 Å². The zero-order valence-electron chi connectivity index (χ0n) is 11.0. The third-order valence-corrected chi connectivity index (χ3v) is 3.40. The van der Waals surface area contributed by atoms with Crippen LogP contribution in [0.5, 0.6) is 0 Å². The summed E-state index contributed by atoms with van der Waals surface area (Å²) in [5, 5.41) is 6.93. The largest absolute Gasteiger partial charge is 0.340 e. The number of nitrogens with one attached hydrogen (secondary N) is 2. The molecule has 21 heavy (non-hydrogen) atoms. The van der Waals surface area contributed by atoms with E-state index in [9.17, 15) is 4.79 Å². The lowest BCUT2D eigenvalue weighted by Gasteiger charge is -2.09. The summed E-state index contributed by atoms with van der Waals surface area (Å²) in [7, 11) is 0. The number of hydrogen-bond donors (Lipinski definition) is 2. The lowest BCUT2D eigenvalue weighted by Crippen LogP contribution is -2.03. The number of amides is 1. The van der Waals surface area contributed by atoms with Gasteiger partial charge in [-0.15, -0.1) is 0 Å². The molecule has 0 spiro atoms. The summed E-state index contributed by atoms with van der Waals surface area (Å²) in [6, 6.07) is 9.53. The third kappa shape index (κ3) is 2.06. The van der Waals surface area contributed by atoms with Gasteiger partial charge in [0.15, 0.2) is 5.65 Å². The van der Waals surface area contributed by atoms with E-state index >= 15 is 0 Å². The first kappa shape index (κ1) is 11.8. The van der Waals surface area contributed by atoms with Crippen molar-refractivity contribution in [2.75, 3.05) is 10.6 Å². The van der Waals surface area contributed by atoms with Crippen LogP contribution in [0, 0.1) is 0 Å². The van der Waals surface area contributed by atoms with Crippen LogP contribution < -0.4 is 10.6 Å². The van der Waals surface area contributed by atoms with E-state index in [2.05, 4.69) is 25.6 Å². The second-order valence-electron chi connectivity index (χ2n) is 4.82. The Labute approximate surface area is 120 Å². The highest BCUT2D eigenvalue weighted by Crippen LogP contribution is 2.28. The fourth-order valence-corrected chi connectivity index (χ4v) is 2.44. The molecule has 6 heteroatoms. The molecule has 1 amide bonds. The van der Waals surface area contributed by atoms with Crippen LogP contribution in [0.4, 0.5) is 17.2 Å². The van der Waals surface area contributed by atoms with E-state index in [0.717, 1.165) is 22.3 Å². The Bertz CT molecular complexity index is 856. The molecule has 102 valence electrons. The van der Waals surface area contributed by atoms with Gasteiger partial charge in [0.1, 0.15) is 12.1 Å². The minimum atomic E-state index is 0.0267. The lowest BCUT2D eigenvalue weighted by molar-refractivity contribution is -0.115. The van der Waals surface area contributed by atoms with E-state index in [1.807, 2.05) is 30.3 Å². The van der Waals surface area contributed by atoms with Crippen molar-refractivity contribution < 1.29 is 4.79 Å². The first-order valence-corrected chi connectivity index (χ1v) is 6.55. The van der Waals surface area contributed by atoms with Crippen LogP contribution in [0.3, 0.4) is 0 Å². The van der Waals surface area contributed by atoms with Crippen LogP contribution in [0.25, 0.3) is 11.0 Å². The molecule has 0 aliphatic carbocycles. The number of carbonyl (C=O) groups excluding carboxylic acids is 1. The zero-order chi connectivity index (χ0) is 14.2. The van der Waals surface area contributed by atoms with Gasteiger partial charge >= 0.3 is 0 Å². The molecule has 1 aliphatic heterocycles. The maximum atomic E-state index is 11.4. The highest BCUT2D eigenvalue weighted by atomic mass is 16.1. The minimum absolute atomic E-state index is 0.0267. The maximum absolute atomic E-state index is 11.4. The molecular formula is C15H11N5O. The van der Waals surface area contributed by atoms with Crippen LogP contribution in [-0.4, -0.2) is 20.9 Å². The summed E-state index contributed by atoms with van der Waals surface area (Å²) in [5.41, 5.74) is 3.39. The molecule has 4 rings (SSSR count). The van der Waals surface area contributed by atoms with Crippen molar-refractivity contribution in [1.29, 1.82) is 0 Å². The van der Waals surface area contributed by atoms with Crippen molar-refractivity contribution in [3.8, 4) is 0 Å². The molecule has 0 radical (unpaired) electrons.